The third-order valence-corrected chi connectivity index (χ3v) is 4.32. The number of thiophene rings is 1. The summed E-state index contributed by atoms with van der Waals surface area (Å²) in [5.74, 6) is 0. The molecule has 0 aliphatic rings. The van der Waals surface area contributed by atoms with E-state index in [4.69, 9.17) is 5.73 Å². The summed E-state index contributed by atoms with van der Waals surface area (Å²) >= 11 is 3.54. The molecule has 0 amide bonds. The molecule has 5 heteroatoms. The summed E-state index contributed by atoms with van der Waals surface area (Å²) in [5.41, 5.74) is 6.62. The van der Waals surface area contributed by atoms with Crippen molar-refractivity contribution >= 4 is 22.7 Å². The first-order valence-corrected chi connectivity index (χ1v) is 7.37. The van der Waals surface area contributed by atoms with E-state index in [0.717, 1.165) is 30.2 Å². The van der Waals surface area contributed by atoms with E-state index in [0.29, 0.717) is 6.54 Å². The second kappa shape index (κ2) is 6.26. The van der Waals surface area contributed by atoms with E-state index < -0.39 is 0 Å². The average Bonchev–Trinajstić information content (AvgIpc) is 2.89. The number of nitrogens with two attached hydrogens (primary N) is 1. The van der Waals surface area contributed by atoms with Gasteiger partial charge in [-0.2, -0.15) is 0 Å². The van der Waals surface area contributed by atoms with Crippen molar-refractivity contribution < 1.29 is 0 Å². The van der Waals surface area contributed by atoms with Gasteiger partial charge in [-0.1, -0.05) is 0 Å². The Labute approximate surface area is 110 Å². The van der Waals surface area contributed by atoms with E-state index in [1.807, 2.05) is 11.3 Å². The molecule has 2 aromatic rings. The lowest BCUT2D eigenvalue weighted by Crippen LogP contribution is -2.12. The number of aryl methyl sites for hydroxylation is 1. The summed E-state index contributed by atoms with van der Waals surface area (Å²) in [4.78, 5) is 7.25. The van der Waals surface area contributed by atoms with Crippen LogP contribution in [0.3, 0.4) is 0 Å². The Morgan fingerprint density at radius 2 is 2.24 bits per heavy atom. The molecule has 2 rings (SSSR count). The first kappa shape index (κ1) is 12.7. The molecule has 92 valence electrons. The van der Waals surface area contributed by atoms with E-state index in [-0.39, 0.29) is 0 Å². The van der Waals surface area contributed by atoms with Gasteiger partial charge in [0, 0.05) is 34.6 Å². The van der Waals surface area contributed by atoms with E-state index in [9.17, 15) is 0 Å². The molecule has 0 fully saturated rings. The molecular formula is C12H17N3S2. The van der Waals surface area contributed by atoms with Crippen LogP contribution in [0.2, 0.25) is 0 Å². The number of thiazole rings is 1. The molecule has 0 saturated carbocycles. The number of rotatable bonds is 6. The largest absolute Gasteiger partial charge is 0.330 e. The molecule has 2 heterocycles. The maximum atomic E-state index is 5.50. The summed E-state index contributed by atoms with van der Waals surface area (Å²) in [6, 6.07) is 4.33. The zero-order valence-electron chi connectivity index (χ0n) is 9.90. The van der Waals surface area contributed by atoms with E-state index in [1.165, 1.54) is 9.75 Å². The maximum absolute atomic E-state index is 5.50. The Hall–Kier alpha value is -0.750. The van der Waals surface area contributed by atoms with E-state index in [2.05, 4.69) is 34.7 Å². The van der Waals surface area contributed by atoms with Gasteiger partial charge in [-0.15, -0.1) is 22.7 Å². The molecule has 0 aliphatic carbocycles. The van der Waals surface area contributed by atoms with Crippen LogP contribution < -0.4 is 11.1 Å². The Morgan fingerprint density at radius 3 is 2.94 bits per heavy atom. The predicted octanol–water partition coefficient (Wildman–Crippen LogP) is 2.30. The second-order valence-electron chi connectivity index (χ2n) is 3.89. The maximum Gasteiger partial charge on any atom is 0.0941 e. The van der Waals surface area contributed by atoms with Crippen LogP contribution in [-0.2, 0) is 19.5 Å². The van der Waals surface area contributed by atoms with Gasteiger partial charge in [0.25, 0.3) is 0 Å². The molecule has 3 nitrogen and oxygen atoms in total. The Morgan fingerprint density at radius 1 is 1.35 bits per heavy atom. The highest BCUT2D eigenvalue weighted by molar-refractivity contribution is 7.11. The minimum atomic E-state index is 0.675. The topological polar surface area (TPSA) is 50.9 Å². The third-order valence-electron chi connectivity index (χ3n) is 2.36. The number of hydrogen-bond acceptors (Lipinski definition) is 5. The van der Waals surface area contributed by atoms with Crippen LogP contribution in [-0.4, -0.2) is 11.5 Å². The van der Waals surface area contributed by atoms with Gasteiger partial charge in [0.05, 0.1) is 10.7 Å². The van der Waals surface area contributed by atoms with Crippen LogP contribution in [0.4, 0.5) is 0 Å². The standard InChI is InChI=1S/C12H17N3S2/c1-9-2-3-11(17-9)7-14-6-10-8-16-12(15-10)4-5-13/h2-3,8,14H,4-7,13H2,1H3. The fourth-order valence-corrected chi connectivity index (χ4v) is 3.24. The van der Waals surface area contributed by atoms with Crippen LogP contribution in [0, 0.1) is 6.92 Å². The van der Waals surface area contributed by atoms with E-state index in [1.54, 1.807) is 11.3 Å². The Kier molecular flexibility index (Phi) is 4.67. The number of hydrogen-bond donors (Lipinski definition) is 2. The van der Waals surface area contributed by atoms with Crippen molar-refractivity contribution in [1.82, 2.24) is 10.3 Å². The van der Waals surface area contributed by atoms with Crippen molar-refractivity contribution in [2.45, 2.75) is 26.4 Å². The fraction of sp³-hybridized carbons (Fsp3) is 0.417. The van der Waals surface area contributed by atoms with Crippen LogP contribution in [0.1, 0.15) is 20.5 Å². The zero-order valence-corrected chi connectivity index (χ0v) is 11.5. The number of nitrogens with one attached hydrogen (secondary N) is 1. The van der Waals surface area contributed by atoms with Crippen molar-refractivity contribution in [2.24, 2.45) is 5.73 Å². The predicted molar refractivity (Wildman–Crippen MR) is 74.5 cm³/mol. The normalized spacial score (nSPS) is 10.9. The van der Waals surface area contributed by atoms with E-state index >= 15 is 0 Å². The summed E-state index contributed by atoms with van der Waals surface area (Å²) in [6.07, 6.45) is 0.884. The summed E-state index contributed by atoms with van der Waals surface area (Å²) in [6.45, 7) is 4.56. The first-order valence-electron chi connectivity index (χ1n) is 5.67. The monoisotopic (exact) mass is 267 g/mol. The zero-order chi connectivity index (χ0) is 12.1. The summed E-state index contributed by atoms with van der Waals surface area (Å²) in [7, 11) is 0. The molecule has 0 saturated heterocycles. The van der Waals surface area contributed by atoms with Gasteiger partial charge in [-0.3, -0.25) is 0 Å². The fourth-order valence-electron chi connectivity index (χ4n) is 1.56. The van der Waals surface area contributed by atoms with Crippen LogP contribution in [0.15, 0.2) is 17.5 Å². The molecule has 0 atom stereocenters. The molecule has 0 bridgehead atoms. The molecule has 0 spiro atoms. The Balaban J connectivity index is 1.77. The van der Waals surface area contributed by atoms with Gasteiger partial charge >= 0.3 is 0 Å². The minimum Gasteiger partial charge on any atom is -0.330 e. The van der Waals surface area contributed by atoms with Crippen molar-refractivity contribution in [2.75, 3.05) is 6.54 Å². The van der Waals surface area contributed by atoms with Gasteiger partial charge in [0.1, 0.15) is 0 Å². The third kappa shape index (κ3) is 3.89. The van der Waals surface area contributed by atoms with Crippen LogP contribution in [0.25, 0.3) is 0 Å². The number of aromatic nitrogens is 1. The molecule has 3 N–H and O–H groups in total. The van der Waals surface area contributed by atoms with Gasteiger partial charge in [-0.25, -0.2) is 4.98 Å². The highest BCUT2D eigenvalue weighted by Gasteiger charge is 2.01. The highest BCUT2D eigenvalue weighted by Crippen LogP contribution is 2.15. The molecule has 0 unspecified atom stereocenters. The molecule has 0 aliphatic heterocycles. The quantitative estimate of drug-likeness (QED) is 0.844. The van der Waals surface area contributed by atoms with Crippen molar-refractivity contribution in [1.29, 1.82) is 0 Å². The summed E-state index contributed by atoms with van der Waals surface area (Å²) in [5, 5.41) is 6.65. The molecule has 0 radical (unpaired) electrons. The van der Waals surface area contributed by atoms with Crippen molar-refractivity contribution in [3.8, 4) is 0 Å². The summed E-state index contributed by atoms with van der Waals surface area (Å²) < 4.78 is 0. The van der Waals surface area contributed by atoms with Crippen LogP contribution >= 0.6 is 22.7 Å². The van der Waals surface area contributed by atoms with Crippen LogP contribution in [0.5, 0.6) is 0 Å². The highest BCUT2D eigenvalue weighted by atomic mass is 32.1. The Bertz CT molecular complexity index is 462. The van der Waals surface area contributed by atoms with Crippen molar-refractivity contribution in [3.63, 3.8) is 0 Å². The molecule has 0 aromatic carbocycles. The smallest absolute Gasteiger partial charge is 0.0941 e. The molecule has 17 heavy (non-hydrogen) atoms. The van der Waals surface area contributed by atoms with Crippen molar-refractivity contribution in [3.05, 3.63) is 38.0 Å². The first-order chi connectivity index (χ1) is 8.28. The lowest BCUT2D eigenvalue weighted by Gasteiger charge is -1.99. The lowest BCUT2D eigenvalue weighted by atomic mass is 10.4. The molecule has 2 aromatic heterocycles. The van der Waals surface area contributed by atoms with Gasteiger partial charge < -0.3 is 11.1 Å². The molecular weight excluding hydrogens is 250 g/mol. The minimum absolute atomic E-state index is 0.675. The number of nitrogens with zero attached hydrogens (tertiary/aromatic N) is 1. The SMILES string of the molecule is Cc1ccc(CNCc2csc(CCN)n2)s1. The second-order valence-corrected chi connectivity index (χ2v) is 6.20. The van der Waals surface area contributed by atoms with Gasteiger partial charge in [0.15, 0.2) is 0 Å². The van der Waals surface area contributed by atoms with Gasteiger partial charge in [-0.05, 0) is 25.6 Å². The lowest BCUT2D eigenvalue weighted by molar-refractivity contribution is 0.687. The van der Waals surface area contributed by atoms with Gasteiger partial charge in [0.2, 0.25) is 0 Å². The average molecular weight is 267 g/mol.